The van der Waals surface area contributed by atoms with E-state index in [2.05, 4.69) is 13.8 Å². The van der Waals surface area contributed by atoms with Gasteiger partial charge in [0.25, 0.3) is 0 Å². The molecule has 5 aliphatic rings. The van der Waals surface area contributed by atoms with Crippen molar-refractivity contribution in [1.82, 2.24) is 0 Å². The van der Waals surface area contributed by atoms with Crippen molar-refractivity contribution in [3.05, 3.63) is 0 Å². The van der Waals surface area contributed by atoms with E-state index >= 15 is 0 Å². The number of carbonyl (C=O) groups is 3. The van der Waals surface area contributed by atoms with Gasteiger partial charge in [-0.3, -0.25) is 14.4 Å². The first-order valence-electron chi connectivity index (χ1n) is 11.1. The lowest BCUT2D eigenvalue weighted by atomic mass is 9.44. The zero-order chi connectivity index (χ0) is 19.9. The van der Waals surface area contributed by atoms with Crippen LogP contribution in [0.2, 0.25) is 6.82 Å². The van der Waals surface area contributed by atoms with E-state index in [1.165, 1.54) is 0 Å². The van der Waals surface area contributed by atoms with Crippen molar-refractivity contribution in [2.45, 2.75) is 77.6 Å². The SMILES string of the molecule is CB1OCC(=O)[C@]2(CC[C@H]3[C@@H]4CC[C@@H]5CC(=O)CC[C@]5(C)[C@H]4C(=O)C[C@@]32C)O1. The van der Waals surface area contributed by atoms with E-state index in [1.807, 2.05) is 6.82 Å². The van der Waals surface area contributed by atoms with Gasteiger partial charge >= 0.3 is 7.12 Å². The van der Waals surface area contributed by atoms with Crippen LogP contribution in [0.3, 0.4) is 0 Å². The molecule has 0 bridgehead atoms. The van der Waals surface area contributed by atoms with Gasteiger partial charge < -0.3 is 9.31 Å². The molecule has 6 heteroatoms. The molecule has 1 heterocycles. The fourth-order valence-corrected chi connectivity index (χ4v) is 8.19. The monoisotopic (exact) mass is 386 g/mol. The van der Waals surface area contributed by atoms with Gasteiger partial charge in [-0.25, -0.2) is 0 Å². The zero-order valence-corrected chi connectivity index (χ0v) is 17.3. The number of hydrogen-bond donors (Lipinski definition) is 0. The summed E-state index contributed by atoms with van der Waals surface area (Å²) >= 11 is 0. The van der Waals surface area contributed by atoms with Gasteiger partial charge in [0.1, 0.15) is 17.2 Å². The molecule has 4 aliphatic carbocycles. The van der Waals surface area contributed by atoms with Gasteiger partial charge in [0.2, 0.25) is 0 Å². The predicted octanol–water partition coefficient (Wildman–Crippen LogP) is 3.25. The molecule has 152 valence electrons. The lowest BCUT2D eigenvalue weighted by Crippen LogP contribution is -2.65. The maximum Gasteiger partial charge on any atom is 0.454 e. The highest BCUT2D eigenvalue weighted by molar-refractivity contribution is 6.44. The van der Waals surface area contributed by atoms with Crippen LogP contribution >= 0.6 is 0 Å². The molecular weight excluding hydrogens is 355 g/mol. The molecule has 1 aliphatic heterocycles. The van der Waals surface area contributed by atoms with Crippen LogP contribution < -0.4 is 0 Å². The van der Waals surface area contributed by atoms with Crippen LogP contribution in [-0.4, -0.2) is 36.7 Å². The van der Waals surface area contributed by atoms with Gasteiger partial charge in [-0.15, -0.1) is 0 Å². The van der Waals surface area contributed by atoms with Crippen LogP contribution in [0.1, 0.15) is 65.2 Å². The van der Waals surface area contributed by atoms with E-state index in [-0.39, 0.29) is 23.7 Å². The van der Waals surface area contributed by atoms with Gasteiger partial charge in [-0.2, -0.15) is 0 Å². The van der Waals surface area contributed by atoms with Crippen molar-refractivity contribution < 1.29 is 23.7 Å². The zero-order valence-electron chi connectivity index (χ0n) is 17.3. The van der Waals surface area contributed by atoms with Crippen LogP contribution in [0, 0.1) is 34.5 Å². The first-order valence-corrected chi connectivity index (χ1v) is 11.1. The fourth-order valence-electron chi connectivity index (χ4n) is 8.19. The highest BCUT2D eigenvalue weighted by Gasteiger charge is 2.70. The summed E-state index contributed by atoms with van der Waals surface area (Å²) in [6, 6.07) is 0. The third-order valence-corrected chi connectivity index (χ3v) is 9.56. The Labute approximate surface area is 167 Å². The summed E-state index contributed by atoms with van der Waals surface area (Å²) in [7, 11) is -0.404. The first-order chi connectivity index (χ1) is 13.2. The minimum absolute atomic E-state index is 0.0185. The van der Waals surface area contributed by atoms with Crippen LogP contribution in [0.15, 0.2) is 0 Å². The predicted molar refractivity (Wildman–Crippen MR) is 104 cm³/mol. The smallest absolute Gasteiger partial charge is 0.404 e. The number of fused-ring (bicyclic) bond motifs is 6. The van der Waals surface area contributed by atoms with Crippen molar-refractivity contribution in [2.75, 3.05) is 6.61 Å². The Kier molecular flexibility index (Phi) is 4.07. The Morgan fingerprint density at radius 3 is 2.64 bits per heavy atom. The van der Waals surface area contributed by atoms with Gasteiger partial charge in [-0.05, 0) is 62.1 Å². The minimum atomic E-state index is -0.865. The molecule has 4 saturated carbocycles. The largest absolute Gasteiger partial charge is 0.454 e. The van der Waals surface area contributed by atoms with Crippen molar-refractivity contribution in [3.8, 4) is 0 Å². The Morgan fingerprint density at radius 2 is 1.86 bits per heavy atom. The minimum Gasteiger partial charge on any atom is -0.404 e. The summed E-state index contributed by atoms with van der Waals surface area (Å²) in [4.78, 5) is 38.7. The lowest BCUT2D eigenvalue weighted by molar-refractivity contribution is -0.180. The van der Waals surface area contributed by atoms with E-state index < -0.39 is 18.1 Å². The summed E-state index contributed by atoms with van der Waals surface area (Å²) < 4.78 is 11.7. The molecule has 1 spiro atoms. The van der Waals surface area contributed by atoms with Crippen LogP contribution in [-0.2, 0) is 23.7 Å². The Morgan fingerprint density at radius 1 is 1.07 bits per heavy atom. The molecule has 0 aromatic heterocycles. The molecule has 28 heavy (non-hydrogen) atoms. The summed E-state index contributed by atoms with van der Waals surface area (Å²) in [5, 5.41) is 0. The number of carbonyl (C=O) groups excluding carboxylic acids is 3. The van der Waals surface area contributed by atoms with Gasteiger partial charge in [0, 0.05) is 30.6 Å². The molecule has 0 radical (unpaired) electrons. The lowest BCUT2D eigenvalue weighted by Gasteiger charge is -2.60. The molecule has 0 unspecified atom stereocenters. The second-order valence-electron chi connectivity index (χ2n) is 10.6. The summed E-state index contributed by atoms with van der Waals surface area (Å²) in [6.45, 7) is 6.34. The number of hydrogen-bond acceptors (Lipinski definition) is 5. The van der Waals surface area contributed by atoms with Gasteiger partial charge in [0.15, 0.2) is 5.78 Å². The van der Waals surface area contributed by atoms with Gasteiger partial charge in [0.05, 0.1) is 6.61 Å². The van der Waals surface area contributed by atoms with Gasteiger partial charge in [-0.1, -0.05) is 13.8 Å². The molecule has 1 saturated heterocycles. The molecule has 5 nitrogen and oxygen atoms in total. The van der Waals surface area contributed by atoms with E-state index in [1.54, 1.807) is 0 Å². The topological polar surface area (TPSA) is 69.7 Å². The Balaban J connectivity index is 1.52. The summed E-state index contributed by atoms with van der Waals surface area (Å²) in [6.07, 6.45) is 6.22. The molecule has 0 aromatic carbocycles. The standard InChI is InChI=1S/C22H31BO5/c1-20-8-6-14(24)10-13(20)4-5-15-16-7-9-22(18(26)12-27-23(3)28-22)21(16,2)11-17(25)19(15)20/h13,15-16,19H,4-12H2,1-3H3/t13-,15+,16+,19-,20+,21+,22+/m1/s1. The fraction of sp³-hybridized carbons (Fsp3) is 0.864. The van der Waals surface area contributed by atoms with E-state index in [9.17, 15) is 14.4 Å². The quantitative estimate of drug-likeness (QED) is 0.598. The molecule has 0 aromatic rings. The summed E-state index contributed by atoms with van der Waals surface area (Å²) in [5.74, 6) is 1.73. The molecule has 0 amide bonds. The number of Topliss-reactive ketones (excluding diaryl/α,β-unsaturated/α-hetero) is 3. The Hall–Kier alpha value is -1.01. The maximum atomic E-state index is 13.6. The average Bonchev–Trinajstić information content (AvgIpc) is 2.91. The summed E-state index contributed by atoms with van der Waals surface area (Å²) in [5.41, 5.74) is -1.36. The highest BCUT2D eigenvalue weighted by Crippen LogP contribution is 2.68. The van der Waals surface area contributed by atoms with Crippen molar-refractivity contribution >= 4 is 24.5 Å². The number of rotatable bonds is 0. The highest BCUT2D eigenvalue weighted by atomic mass is 16.6. The maximum absolute atomic E-state index is 13.6. The third kappa shape index (κ3) is 2.25. The molecule has 7 atom stereocenters. The molecule has 0 N–H and O–H groups in total. The second kappa shape index (κ2) is 6.01. The van der Waals surface area contributed by atoms with Crippen molar-refractivity contribution in [2.24, 2.45) is 34.5 Å². The van der Waals surface area contributed by atoms with E-state index in [4.69, 9.17) is 9.31 Å². The average molecular weight is 386 g/mol. The Bertz CT molecular complexity index is 751. The molecule has 5 fully saturated rings. The van der Waals surface area contributed by atoms with E-state index in [0.29, 0.717) is 55.0 Å². The van der Waals surface area contributed by atoms with Crippen LogP contribution in [0.25, 0.3) is 0 Å². The number of ketones is 3. The van der Waals surface area contributed by atoms with Crippen molar-refractivity contribution in [3.63, 3.8) is 0 Å². The normalized spacial score (nSPS) is 51.1. The van der Waals surface area contributed by atoms with Crippen molar-refractivity contribution in [1.29, 1.82) is 0 Å². The van der Waals surface area contributed by atoms with Crippen LogP contribution in [0.5, 0.6) is 0 Å². The van der Waals surface area contributed by atoms with E-state index in [0.717, 1.165) is 25.7 Å². The van der Waals surface area contributed by atoms with Crippen LogP contribution in [0.4, 0.5) is 0 Å². The molecular formula is C22H31BO5. The first kappa shape index (κ1) is 19.0. The second-order valence-corrected chi connectivity index (χ2v) is 10.6. The molecule has 5 rings (SSSR count). The third-order valence-electron chi connectivity index (χ3n) is 9.56.